The number of nitrogens with one attached hydrogen (secondary N) is 1. The Bertz CT molecular complexity index is 389. The van der Waals surface area contributed by atoms with Crippen LogP contribution in [0.4, 0.5) is 5.82 Å². The predicted octanol–water partition coefficient (Wildman–Crippen LogP) is 3.38. The van der Waals surface area contributed by atoms with Crippen LogP contribution in [0.2, 0.25) is 0 Å². The number of likely N-dealkylation sites (tertiary alicyclic amines) is 1. The van der Waals surface area contributed by atoms with E-state index in [0.29, 0.717) is 0 Å². The van der Waals surface area contributed by atoms with Gasteiger partial charge in [0.2, 0.25) is 0 Å². The van der Waals surface area contributed by atoms with Crippen LogP contribution in [-0.4, -0.2) is 29.5 Å². The molecule has 0 saturated carbocycles. The van der Waals surface area contributed by atoms with Crippen LogP contribution < -0.4 is 5.32 Å². The maximum absolute atomic E-state index is 4.47. The standard InChI is InChI=1S/C16H27N3/c1-4-8-17-16-15(6-5-9-18-16)12-19-10-7-14(11-19)13(2)3/h5-6,9,13-14H,4,7-8,10-12H2,1-3H3,(H,17,18). The summed E-state index contributed by atoms with van der Waals surface area (Å²) in [6.07, 6.45) is 4.35. The van der Waals surface area contributed by atoms with Crippen molar-refractivity contribution in [3.8, 4) is 0 Å². The maximum atomic E-state index is 4.47. The minimum Gasteiger partial charge on any atom is -0.370 e. The first kappa shape index (κ1) is 14.3. The van der Waals surface area contributed by atoms with Gasteiger partial charge in [0.1, 0.15) is 5.82 Å². The Balaban J connectivity index is 1.95. The Morgan fingerprint density at radius 1 is 1.47 bits per heavy atom. The summed E-state index contributed by atoms with van der Waals surface area (Å²) in [6, 6.07) is 4.25. The van der Waals surface area contributed by atoms with Crippen molar-refractivity contribution < 1.29 is 0 Å². The van der Waals surface area contributed by atoms with E-state index in [2.05, 4.69) is 42.0 Å². The van der Waals surface area contributed by atoms with Crippen molar-refractivity contribution in [2.45, 2.75) is 40.2 Å². The smallest absolute Gasteiger partial charge is 0.130 e. The zero-order valence-electron chi connectivity index (χ0n) is 12.5. The molecule has 3 nitrogen and oxygen atoms in total. The van der Waals surface area contributed by atoms with Crippen molar-refractivity contribution in [3.63, 3.8) is 0 Å². The van der Waals surface area contributed by atoms with E-state index in [9.17, 15) is 0 Å². The fourth-order valence-corrected chi connectivity index (χ4v) is 2.76. The average Bonchev–Trinajstić information content (AvgIpc) is 2.86. The van der Waals surface area contributed by atoms with Gasteiger partial charge in [-0.05, 0) is 37.3 Å². The van der Waals surface area contributed by atoms with E-state index in [4.69, 9.17) is 0 Å². The topological polar surface area (TPSA) is 28.2 Å². The summed E-state index contributed by atoms with van der Waals surface area (Å²) in [7, 11) is 0. The SMILES string of the molecule is CCCNc1ncccc1CN1CCC(C(C)C)C1. The van der Waals surface area contributed by atoms with Crippen molar-refractivity contribution in [3.05, 3.63) is 23.9 Å². The third kappa shape index (κ3) is 3.93. The molecule has 0 bridgehead atoms. The molecule has 0 aliphatic carbocycles. The molecule has 1 N–H and O–H groups in total. The normalized spacial score (nSPS) is 20.1. The molecule has 1 fully saturated rings. The first-order valence-electron chi connectivity index (χ1n) is 7.60. The fraction of sp³-hybridized carbons (Fsp3) is 0.688. The van der Waals surface area contributed by atoms with E-state index in [1.165, 1.54) is 25.1 Å². The van der Waals surface area contributed by atoms with Gasteiger partial charge < -0.3 is 5.32 Å². The second kappa shape index (κ2) is 6.90. The van der Waals surface area contributed by atoms with Crippen molar-refractivity contribution >= 4 is 5.82 Å². The molecule has 1 aliphatic heterocycles. The zero-order valence-corrected chi connectivity index (χ0v) is 12.5. The molecule has 2 heterocycles. The van der Waals surface area contributed by atoms with Gasteiger partial charge >= 0.3 is 0 Å². The molecule has 1 aromatic heterocycles. The quantitative estimate of drug-likeness (QED) is 0.851. The summed E-state index contributed by atoms with van der Waals surface area (Å²) in [6.45, 7) is 11.4. The first-order valence-corrected chi connectivity index (χ1v) is 7.60. The fourth-order valence-electron chi connectivity index (χ4n) is 2.76. The van der Waals surface area contributed by atoms with Crippen LogP contribution in [0.25, 0.3) is 0 Å². The molecular weight excluding hydrogens is 234 g/mol. The van der Waals surface area contributed by atoms with Gasteiger partial charge in [-0.2, -0.15) is 0 Å². The van der Waals surface area contributed by atoms with Crippen LogP contribution in [0.1, 0.15) is 39.2 Å². The lowest BCUT2D eigenvalue weighted by molar-refractivity contribution is 0.297. The Hall–Kier alpha value is -1.09. The molecule has 1 saturated heterocycles. The number of nitrogens with zero attached hydrogens (tertiary/aromatic N) is 2. The molecule has 0 radical (unpaired) electrons. The van der Waals surface area contributed by atoms with E-state index in [-0.39, 0.29) is 0 Å². The van der Waals surface area contributed by atoms with E-state index < -0.39 is 0 Å². The molecule has 0 aromatic carbocycles. The molecule has 0 spiro atoms. The number of hydrogen-bond acceptors (Lipinski definition) is 3. The van der Waals surface area contributed by atoms with Gasteiger partial charge in [0.15, 0.2) is 0 Å². The van der Waals surface area contributed by atoms with Crippen LogP contribution in [0, 0.1) is 11.8 Å². The third-order valence-electron chi connectivity index (χ3n) is 4.08. The highest BCUT2D eigenvalue weighted by molar-refractivity contribution is 5.43. The van der Waals surface area contributed by atoms with Gasteiger partial charge in [0, 0.05) is 31.4 Å². The molecule has 2 rings (SSSR count). The maximum Gasteiger partial charge on any atom is 0.130 e. The number of aromatic nitrogens is 1. The summed E-state index contributed by atoms with van der Waals surface area (Å²) < 4.78 is 0. The predicted molar refractivity (Wildman–Crippen MR) is 81.2 cm³/mol. The van der Waals surface area contributed by atoms with Crippen LogP contribution in [0.15, 0.2) is 18.3 Å². The second-order valence-electron chi connectivity index (χ2n) is 5.97. The lowest BCUT2D eigenvalue weighted by Crippen LogP contribution is -2.22. The lowest BCUT2D eigenvalue weighted by atomic mass is 9.95. The van der Waals surface area contributed by atoms with E-state index >= 15 is 0 Å². The minimum atomic E-state index is 0.802. The average molecular weight is 261 g/mol. The molecule has 106 valence electrons. The van der Waals surface area contributed by atoms with Crippen LogP contribution in [0.3, 0.4) is 0 Å². The van der Waals surface area contributed by atoms with Crippen LogP contribution in [0.5, 0.6) is 0 Å². The molecule has 1 atom stereocenters. The molecule has 1 unspecified atom stereocenters. The summed E-state index contributed by atoms with van der Waals surface area (Å²) >= 11 is 0. The van der Waals surface area contributed by atoms with Gasteiger partial charge in [-0.1, -0.05) is 26.8 Å². The Labute approximate surface area is 117 Å². The number of pyridine rings is 1. The minimum absolute atomic E-state index is 0.802. The molecule has 19 heavy (non-hydrogen) atoms. The molecule has 3 heteroatoms. The van der Waals surface area contributed by atoms with Gasteiger partial charge in [-0.25, -0.2) is 4.98 Å². The van der Waals surface area contributed by atoms with Crippen LogP contribution in [-0.2, 0) is 6.54 Å². The van der Waals surface area contributed by atoms with Crippen molar-refractivity contribution in [1.82, 2.24) is 9.88 Å². The highest BCUT2D eigenvalue weighted by Crippen LogP contribution is 2.26. The van der Waals surface area contributed by atoms with Crippen molar-refractivity contribution in [2.24, 2.45) is 11.8 Å². The summed E-state index contributed by atoms with van der Waals surface area (Å²) in [5.74, 6) is 2.73. The van der Waals surface area contributed by atoms with Gasteiger partial charge in [0.05, 0.1) is 0 Å². The second-order valence-corrected chi connectivity index (χ2v) is 5.97. The number of anilines is 1. The van der Waals surface area contributed by atoms with E-state index in [1.54, 1.807) is 0 Å². The van der Waals surface area contributed by atoms with E-state index in [0.717, 1.165) is 37.2 Å². The molecule has 1 aliphatic rings. The highest BCUT2D eigenvalue weighted by atomic mass is 15.1. The van der Waals surface area contributed by atoms with Crippen molar-refractivity contribution in [1.29, 1.82) is 0 Å². The molecule has 0 amide bonds. The van der Waals surface area contributed by atoms with Crippen LogP contribution >= 0.6 is 0 Å². The monoisotopic (exact) mass is 261 g/mol. The van der Waals surface area contributed by atoms with Crippen molar-refractivity contribution in [2.75, 3.05) is 25.0 Å². The third-order valence-corrected chi connectivity index (χ3v) is 4.08. The van der Waals surface area contributed by atoms with Gasteiger partial charge in [-0.15, -0.1) is 0 Å². The first-order chi connectivity index (χ1) is 9.20. The number of rotatable bonds is 6. The molecule has 1 aromatic rings. The molecular formula is C16H27N3. The van der Waals surface area contributed by atoms with Gasteiger partial charge in [0.25, 0.3) is 0 Å². The summed E-state index contributed by atoms with van der Waals surface area (Å²) in [5, 5.41) is 3.43. The largest absolute Gasteiger partial charge is 0.370 e. The Morgan fingerprint density at radius 3 is 3.00 bits per heavy atom. The Morgan fingerprint density at radius 2 is 2.32 bits per heavy atom. The number of hydrogen-bond donors (Lipinski definition) is 1. The lowest BCUT2D eigenvalue weighted by Gasteiger charge is -2.19. The van der Waals surface area contributed by atoms with Gasteiger partial charge in [-0.3, -0.25) is 4.90 Å². The highest BCUT2D eigenvalue weighted by Gasteiger charge is 2.25. The Kier molecular flexibility index (Phi) is 5.20. The summed E-state index contributed by atoms with van der Waals surface area (Å²) in [4.78, 5) is 7.04. The summed E-state index contributed by atoms with van der Waals surface area (Å²) in [5.41, 5.74) is 1.33. The zero-order chi connectivity index (χ0) is 13.7. The van der Waals surface area contributed by atoms with E-state index in [1.807, 2.05) is 12.3 Å².